The molecule has 1 nitrogen and oxygen atoms in total. The number of fused-ring (bicyclic) bond motifs is 9. The van der Waals surface area contributed by atoms with Crippen molar-refractivity contribution in [2.45, 2.75) is 51.0 Å². The van der Waals surface area contributed by atoms with Crippen molar-refractivity contribution in [2.75, 3.05) is 0 Å². The van der Waals surface area contributed by atoms with Gasteiger partial charge in [0.2, 0.25) is 0 Å². The van der Waals surface area contributed by atoms with E-state index in [1.54, 1.807) is 12.8 Å². The highest BCUT2D eigenvalue weighted by Gasteiger charge is 2.65. The second-order valence-electron chi connectivity index (χ2n) is 6.88. The molecule has 4 rings (SSSR count). The van der Waals surface area contributed by atoms with E-state index in [0.717, 1.165) is 35.5 Å². The fourth-order valence-electron chi connectivity index (χ4n) is 6.20. The summed E-state index contributed by atoms with van der Waals surface area (Å²) in [5.41, 5.74) is 6.88. The standard InChI is InChI=1S/C14H23N/c1-2-14(15)7-10-6-11(14)13-9-4-3-8(5-9)12(10)13/h8-13H,2-7,15H2,1H3/t8?,9?,10-,11?,12?,13?,14?/m1/s1. The van der Waals surface area contributed by atoms with Crippen molar-refractivity contribution >= 4 is 0 Å². The molecule has 4 aliphatic rings. The van der Waals surface area contributed by atoms with Gasteiger partial charge in [0.15, 0.2) is 0 Å². The maximum atomic E-state index is 6.63. The van der Waals surface area contributed by atoms with Crippen LogP contribution in [0.2, 0.25) is 0 Å². The average molecular weight is 205 g/mol. The minimum Gasteiger partial charge on any atom is -0.325 e. The predicted molar refractivity (Wildman–Crippen MR) is 61.2 cm³/mol. The van der Waals surface area contributed by atoms with Gasteiger partial charge in [-0.25, -0.2) is 0 Å². The molecule has 15 heavy (non-hydrogen) atoms. The van der Waals surface area contributed by atoms with E-state index in [0.29, 0.717) is 0 Å². The minimum absolute atomic E-state index is 0.246. The number of hydrogen-bond acceptors (Lipinski definition) is 1. The molecule has 4 saturated carbocycles. The molecule has 2 N–H and O–H groups in total. The van der Waals surface area contributed by atoms with Gasteiger partial charge in [-0.1, -0.05) is 6.92 Å². The Bertz CT molecular complexity index is 300. The van der Waals surface area contributed by atoms with Gasteiger partial charge in [-0.05, 0) is 74.0 Å². The Balaban J connectivity index is 1.71. The van der Waals surface area contributed by atoms with Crippen molar-refractivity contribution in [2.24, 2.45) is 41.2 Å². The van der Waals surface area contributed by atoms with E-state index in [1.807, 2.05) is 0 Å². The second-order valence-corrected chi connectivity index (χ2v) is 6.88. The van der Waals surface area contributed by atoms with Gasteiger partial charge in [0.1, 0.15) is 0 Å². The van der Waals surface area contributed by atoms with Gasteiger partial charge in [-0.3, -0.25) is 0 Å². The van der Waals surface area contributed by atoms with E-state index in [9.17, 15) is 0 Å². The van der Waals surface area contributed by atoms with Crippen LogP contribution in [0.25, 0.3) is 0 Å². The van der Waals surface area contributed by atoms with Crippen LogP contribution in [0.3, 0.4) is 0 Å². The Morgan fingerprint density at radius 2 is 1.80 bits per heavy atom. The van der Waals surface area contributed by atoms with E-state index >= 15 is 0 Å². The summed E-state index contributed by atoms with van der Waals surface area (Å²) in [6.07, 6.45) is 8.73. The van der Waals surface area contributed by atoms with Crippen LogP contribution in [0.15, 0.2) is 0 Å². The molecular weight excluding hydrogens is 182 g/mol. The van der Waals surface area contributed by atoms with Gasteiger partial charge in [-0.2, -0.15) is 0 Å². The first-order valence-corrected chi connectivity index (χ1v) is 7.02. The van der Waals surface area contributed by atoms with Crippen LogP contribution in [-0.2, 0) is 0 Å². The Labute approximate surface area is 92.8 Å². The lowest BCUT2D eigenvalue weighted by molar-refractivity contribution is 0.0839. The zero-order valence-corrected chi connectivity index (χ0v) is 9.78. The van der Waals surface area contributed by atoms with Crippen molar-refractivity contribution in [1.82, 2.24) is 0 Å². The number of rotatable bonds is 1. The molecule has 0 radical (unpaired) electrons. The molecule has 7 atom stereocenters. The van der Waals surface area contributed by atoms with Crippen LogP contribution in [0.4, 0.5) is 0 Å². The molecule has 4 bridgehead atoms. The van der Waals surface area contributed by atoms with E-state index in [4.69, 9.17) is 5.73 Å². The zero-order valence-electron chi connectivity index (χ0n) is 9.78. The molecule has 6 unspecified atom stereocenters. The Hall–Kier alpha value is -0.0400. The summed E-state index contributed by atoms with van der Waals surface area (Å²) < 4.78 is 0. The highest BCUT2D eigenvalue weighted by atomic mass is 14.8. The number of nitrogens with two attached hydrogens (primary N) is 1. The molecule has 0 heterocycles. The Morgan fingerprint density at radius 1 is 1.07 bits per heavy atom. The highest BCUT2D eigenvalue weighted by Crippen LogP contribution is 2.69. The molecule has 84 valence electrons. The molecule has 0 aromatic rings. The zero-order chi connectivity index (χ0) is 10.2. The highest BCUT2D eigenvalue weighted by molar-refractivity contribution is 5.16. The lowest BCUT2D eigenvalue weighted by Crippen LogP contribution is -2.50. The van der Waals surface area contributed by atoms with Crippen molar-refractivity contribution in [3.05, 3.63) is 0 Å². The monoisotopic (exact) mass is 205 g/mol. The summed E-state index contributed by atoms with van der Waals surface area (Å²) in [5, 5.41) is 0. The lowest BCUT2D eigenvalue weighted by atomic mass is 9.64. The summed E-state index contributed by atoms with van der Waals surface area (Å²) in [6.45, 7) is 2.31. The summed E-state index contributed by atoms with van der Waals surface area (Å²) >= 11 is 0. The van der Waals surface area contributed by atoms with E-state index in [-0.39, 0.29) is 5.54 Å². The summed E-state index contributed by atoms with van der Waals surface area (Å²) in [5.74, 6) is 6.33. The molecule has 0 amide bonds. The summed E-state index contributed by atoms with van der Waals surface area (Å²) in [4.78, 5) is 0. The lowest BCUT2D eigenvalue weighted by Gasteiger charge is -2.44. The van der Waals surface area contributed by atoms with Crippen LogP contribution in [-0.4, -0.2) is 5.54 Å². The SMILES string of the molecule is CCC1(N)C[C@H]2CC1C1C3CCC(C3)C12. The van der Waals surface area contributed by atoms with Gasteiger partial charge in [0, 0.05) is 5.54 Å². The van der Waals surface area contributed by atoms with Crippen molar-refractivity contribution in [3.63, 3.8) is 0 Å². The Kier molecular flexibility index (Phi) is 1.57. The van der Waals surface area contributed by atoms with Crippen LogP contribution in [0, 0.1) is 35.5 Å². The molecule has 0 saturated heterocycles. The van der Waals surface area contributed by atoms with Crippen molar-refractivity contribution in [1.29, 1.82) is 0 Å². The van der Waals surface area contributed by atoms with Gasteiger partial charge < -0.3 is 5.73 Å². The molecule has 0 spiro atoms. The fraction of sp³-hybridized carbons (Fsp3) is 1.00. The largest absolute Gasteiger partial charge is 0.325 e. The summed E-state index contributed by atoms with van der Waals surface area (Å²) in [6, 6.07) is 0. The third kappa shape index (κ3) is 0.906. The van der Waals surface area contributed by atoms with Gasteiger partial charge in [0.25, 0.3) is 0 Å². The van der Waals surface area contributed by atoms with Crippen LogP contribution < -0.4 is 5.73 Å². The topological polar surface area (TPSA) is 26.0 Å². The maximum Gasteiger partial charge on any atom is 0.0185 e. The third-order valence-corrected chi connectivity index (χ3v) is 6.65. The number of hydrogen-bond donors (Lipinski definition) is 1. The van der Waals surface area contributed by atoms with E-state index in [2.05, 4.69) is 6.92 Å². The van der Waals surface area contributed by atoms with E-state index in [1.165, 1.54) is 25.7 Å². The summed E-state index contributed by atoms with van der Waals surface area (Å²) in [7, 11) is 0. The fourth-order valence-corrected chi connectivity index (χ4v) is 6.20. The molecule has 0 aromatic heterocycles. The molecule has 0 aliphatic heterocycles. The smallest absolute Gasteiger partial charge is 0.0185 e. The Morgan fingerprint density at radius 3 is 2.53 bits per heavy atom. The van der Waals surface area contributed by atoms with Crippen LogP contribution in [0.1, 0.15) is 45.4 Å². The second kappa shape index (κ2) is 2.61. The van der Waals surface area contributed by atoms with Crippen LogP contribution >= 0.6 is 0 Å². The molecule has 4 aliphatic carbocycles. The normalized spacial score (nSPS) is 65.2. The first kappa shape index (κ1) is 9.04. The molecule has 0 aromatic carbocycles. The van der Waals surface area contributed by atoms with E-state index < -0.39 is 0 Å². The van der Waals surface area contributed by atoms with Crippen molar-refractivity contribution < 1.29 is 0 Å². The third-order valence-electron chi connectivity index (χ3n) is 6.65. The predicted octanol–water partition coefficient (Wildman–Crippen LogP) is 2.80. The molecule has 1 heteroatoms. The minimum atomic E-state index is 0.246. The first-order chi connectivity index (χ1) is 7.23. The van der Waals surface area contributed by atoms with Crippen LogP contribution in [0.5, 0.6) is 0 Å². The van der Waals surface area contributed by atoms with Gasteiger partial charge in [0.05, 0.1) is 0 Å². The first-order valence-electron chi connectivity index (χ1n) is 7.02. The van der Waals surface area contributed by atoms with Gasteiger partial charge >= 0.3 is 0 Å². The molecule has 4 fully saturated rings. The quantitative estimate of drug-likeness (QED) is 0.654. The molecular formula is C14H23N. The maximum absolute atomic E-state index is 6.63. The van der Waals surface area contributed by atoms with Crippen molar-refractivity contribution in [3.8, 4) is 0 Å². The average Bonchev–Trinajstić information content (AvgIpc) is 2.93. The van der Waals surface area contributed by atoms with Gasteiger partial charge in [-0.15, -0.1) is 0 Å².